The predicted molar refractivity (Wildman–Crippen MR) is 67.2 cm³/mol. The van der Waals surface area contributed by atoms with E-state index in [2.05, 4.69) is 5.32 Å². The highest BCUT2D eigenvalue weighted by molar-refractivity contribution is 5.84. The summed E-state index contributed by atoms with van der Waals surface area (Å²) in [5, 5.41) is 11.5. The number of carbonyl (C=O) groups is 2. The Morgan fingerprint density at radius 3 is 2.56 bits per heavy atom. The number of amides is 1. The minimum atomic E-state index is -1.01. The van der Waals surface area contributed by atoms with Crippen molar-refractivity contribution in [3.63, 3.8) is 0 Å². The van der Waals surface area contributed by atoms with E-state index in [0.29, 0.717) is 6.42 Å². The number of hydrogen-bond donors (Lipinski definition) is 2. The van der Waals surface area contributed by atoms with Crippen LogP contribution >= 0.6 is 0 Å². The Morgan fingerprint density at radius 1 is 1.50 bits per heavy atom. The lowest BCUT2D eigenvalue weighted by molar-refractivity contribution is -0.144. The highest BCUT2D eigenvalue weighted by atomic mass is 16.5. The average molecular weight is 255 g/mol. The van der Waals surface area contributed by atoms with Gasteiger partial charge in [-0.2, -0.15) is 0 Å². The summed E-state index contributed by atoms with van der Waals surface area (Å²) in [7, 11) is 1.60. The molecule has 2 N–H and O–H groups in total. The van der Waals surface area contributed by atoms with E-state index in [9.17, 15) is 9.59 Å². The number of carboxylic acids is 1. The number of allylic oxidation sites excluding steroid dienone is 1. The molecule has 5 nitrogen and oxygen atoms in total. The van der Waals surface area contributed by atoms with Crippen molar-refractivity contribution in [2.75, 3.05) is 7.11 Å². The SMILES string of the molecule is C/C=C/CC(NC(=O)CC1(OC)CCC1)C(=O)O. The van der Waals surface area contributed by atoms with Gasteiger partial charge in [0.15, 0.2) is 0 Å². The average Bonchev–Trinajstić information content (AvgIpc) is 2.28. The maximum atomic E-state index is 11.8. The fourth-order valence-corrected chi connectivity index (χ4v) is 2.06. The van der Waals surface area contributed by atoms with Gasteiger partial charge in [0.2, 0.25) is 5.91 Å². The Hall–Kier alpha value is -1.36. The molecule has 0 heterocycles. The molecule has 1 fully saturated rings. The first-order chi connectivity index (χ1) is 8.53. The van der Waals surface area contributed by atoms with Crippen LogP contribution in [-0.2, 0) is 14.3 Å². The number of carboxylic acid groups (broad SMARTS) is 1. The second kappa shape index (κ2) is 6.54. The lowest BCUT2D eigenvalue weighted by Gasteiger charge is -2.40. The third-order valence-electron chi connectivity index (χ3n) is 3.42. The first-order valence-corrected chi connectivity index (χ1v) is 6.21. The Morgan fingerprint density at radius 2 is 2.17 bits per heavy atom. The highest BCUT2D eigenvalue weighted by Gasteiger charge is 2.39. The molecule has 0 spiro atoms. The van der Waals surface area contributed by atoms with Crippen LogP contribution < -0.4 is 5.32 Å². The molecule has 5 heteroatoms. The van der Waals surface area contributed by atoms with Crippen molar-refractivity contribution in [3.05, 3.63) is 12.2 Å². The van der Waals surface area contributed by atoms with Gasteiger partial charge in [-0.15, -0.1) is 0 Å². The number of nitrogens with one attached hydrogen (secondary N) is 1. The second-order valence-corrected chi connectivity index (χ2v) is 4.68. The number of rotatable bonds is 7. The van der Waals surface area contributed by atoms with E-state index < -0.39 is 12.0 Å². The van der Waals surface area contributed by atoms with Crippen LogP contribution in [0.5, 0.6) is 0 Å². The van der Waals surface area contributed by atoms with Crippen molar-refractivity contribution in [1.29, 1.82) is 0 Å². The van der Waals surface area contributed by atoms with E-state index in [0.717, 1.165) is 19.3 Å². The van der Waals surface area contributed by atoms with Gasteiger partial charge in [-0.3, -0.25) is 4.79 Å². The maximum Gasteiger partial charge on any atom is 0.326 e. The Balaban J connectivity index is 2.48. The van der Waals surface area contributed by atoms with E-state index in [4.69, 9.17) is 9.84 Å². The fourth-order valence-electron chi connectivity index (χ4n) is 2.06. The normalized spacial score (nSPS) is 19.2. The summed E-state index contributed by atoms with van der Waals surface area (Å²) in [4.78, 5) is 22.8. The second-order valence-electron chi connectivity index (χ2n) is 4.68. The van der Waals surface area contributed by atoms with Gasteiger partial charge in [0.1, 0.15) is 6.04 Å². The number of methoxy groups -OCH3 is 1. The van der Waals surface area contributed by atoms with Crippen molar-refractivity contribution in [2.45, 2.75) is 50.7 Å². The molecular weight excluding hydrogens is 234 g/mol. The Kier molecular flexibility index (Phi) is 5.34. The van der Waals surface area contributed by atoms with E-state index in [1.165, 1.54) is 0 Å². The standard InChI is InChI=1S/C13H21NO4/c1-3-4-6-10(12(16)17)14-11(15)9-13(18-2)7-5-8-13/h3-4,10H,5-9H2,1-2H3,(H,14,15)(H,16,17)/b4-3+. The summed E-state index contributed by atoms with van der Waals surface area (Å²) in [5.74, 6) is -1.27. The van der Waals surface area contributed by atoms with Crippen LogP contribution in [0.3, 0.4) is 0 Å². The molecule has 1 aliphatic carbocycles. The molecule has 1 rings (SSSR count). The van der Waals surface area contributed by atoms with E-state index in [1.54, 1.807) is 19.3 Å². The molecule has 1 atom stereocenters. The maximum absolute atomic E-state index is 11.8. The molecule has 1 aliphatic rings. The summed E-state index contributed by atoms with van der Waals surface area (Å²) < 4.78 is 5.35. The van der Waals surface area contributed by atoms with Gasteiger partial charge in [-0.1, -0.05) is 12.2 Å². The number of ether oxygens (including phenoxy) is 1. The van der Waals surface area contributed by atoms with Crippen molar-refractivity contribution < 1.29 is 19.4 Å². The summed E-state index contributed by atoms with van der Waals surface area (Å²) >= 11 is 0. The van der Waals surface area contributed by atoms with E-state index >= 15 is 0 Å². The monoisotopic (exact) mass is 255 g/mol. The van der Waals surface area contributed by atoms with Gasteiger partial charge in [-0.05, 0) is 32.6 Å². The lowest BCUT2D eigenvalue weighted by atomic mass is 9.77. The van der Waals surface area contributed by atoms with Gasteiger partial charge < -0.3 is 15.2 Å². The highest BCUT2D eigenvalue weighted by Crippen LogP contribution is 2.37. The van der Waals surface area contributed by atoms with Gasteiger partial charge in [0, 0.05) is 7.11 Å². The smallest absolute Gasteiger partial charge is 0.326 e. The van der Waals surface area contributed by atoms with Crippen LogP contribution in [0.4, 0.5) is 0 Å². The summed E-state index contributed by atoms with van der Waals surface area (Å²) in [6.45, 7) is 1.81. The first-order valence-electron chi connectivity index (χ1n) is 6.21. The van der Waals surface area contributed by atoms with Crippen molar-refractivity contribution in [2.24, 2.45) is 0 Å². The number of hydrogen-bond acceptors (Lipinski definition) is 3. The molecule has 0 radical (unpaired) electrons. The number of carbonyl (C=O) groups excluding carboxylic acids is 1. The van der Waals surface area contributed by atoms with Crippen LogP contribution in [0.2, 0.25) is 0 Å². The molecule has 0 aromatic heterocycles. The molecule has 1 unspecified atom stereocenters. The van der Waals surface area contributed by atoms with E-state index in [1.807, 2.05) is 6.92 Å². The first kappa shape index (κ1) is 14.7. The topological polar surface area (TPSA) is 75.6 Å². The van der Waals surface area contributed by atoms with Crippen LogP contribution in [0, 0.1) is 0 Å². The molecule has 1 amide bonds. The molecule has 18 heavy (non-hydrogen) atoms. The zero-order valence-electron chi connectivity index (χ0n) is 10.9. The lowest BCUT2D eigenvalue weighted by Crippen LogP contribution is -2.47. The summed E-state index contributed by atoms with van der Waals surface area (Å²) in [5.41, 5.74) is -0.367. The predicted octanol–water partition coefficient (Wildman–Crippen LogP) is 1.48. The number of aliphatic carboxylic acids is 1. The molecule has 102 valence electrons. The minimum Gasteiger partial charge on any atom is -0.480 e. The van der Waals surface area contributed by atoms with Crippen LogP contribution in [0.25, 0.3) is 0 Å². The van der Waals surface area contributed by atoms with Crippen LogP contribution in [-0.4, -0.2) is 35.7 Å². The van der Waals surface area contributed by atoms with Gasteiger partial charge in [-0.25, -0.2) is 4.79 Å². The van der Waals surface area contributed by atoms with Gasteiger partial charge in [0.25, 0.3) is 0 Å². The molecule has 0 aromatic carbocycles. The quantitative estimate of drug-likeness (QED) is 0.676. The third kappa shape index (κ3) is 3.84. The van der Waals surface area contributed by atoms with Gasteiger partial charge in [0.05, 0.1) is 12.0 Å². The molecule has 0 aromatic rings. The van der Waals surface area contributed by atoms with Crippen molar-refractivity contribution in [3.8, 4) is 0 Å². The molecule has 0 saturated heterocycles. The van der Waals surface area contributed by atoms with Crippen LogP contribution in [0.1, 0.15) is 39.0 Å². The Labute approximate surface area is 107 Å². The minimum absolute atomic E-state index is 0.239. The van der Waals surface area contributed by atoms with Gasteiger partial charge >= 0.3 is 5.97 Å². The van der Waals surface area contributed by atoms with Crippen LogP contribution in [0.15, 0.2) is 12.2 Å². The summed E-state index contributed by atoms with van der Waals surface area (Å²) in [6.07, 6.45) is 6.83. The molecular formula is C13H21NO4. The van der Waals surface area contributed by atoms with Crippen molar-refractivity contribution >= 4 is 11.9 Å². The third-order valence-corrected chi connectivity index (χ3v) is 3.42. The molecule has 0 bridgehead atoms. The summed E-state index contributed by atoms with van der Waals surface area (Å²) in [6, 6.07) is -0.859. The fraction of sp³-hybridized carbons (Fsp3) is 0.692. The molecule has 1 saturated carbocycles. The largest absolute Gasteiger partial charge is 0.480 e. The molecule has 0 aliphatic heterocycles. The Bertz CT molecular complexity index is 328. The van der Waals surface area contributed by atoms with E-state index in [-0.39, 0.29) is 17.9 Å². The zero-order valence-corrected chi connectivity index (χ0v) is 10.9. The zero-order chi connectivity index (χ0) is 13.6. The van der Waals surface area contributed by atoms with Crippen molar-refractivity contribution in [1.82, 2.24) is 5.32 Å².